The van der Waals surface area contributed by atoms with Gasteiger partial charge in [0.15, 0.2) is 6.29 Å². The minimum absolute atomic E-state index is 0.0868. The number of methoxy groups -OCH3 is 2. The van der Waals surface area contributed by atoms with E-state index in [-0.39, 0.29) is 12.5 Å². The molecular formula is C19H18N2O4. The molecule has 0 radical (unpaired) electrons. The quantitative estimate of drug-likeness (QED) is 0.701. The zero-order valence-electron chi connectivity index (χ0n) is 14.0. The third-order valence-corrected chi connectivity index (χ3v) is 3.94. The maximum Gasteiger partial charge on any atom is 0.244 e. The lowest BCUT2D eigenvalue weighted by atomic mass is 10.2. The van der Waals surface area contributed by atoms with Crippen LogP contribution in [0.15, 0.2) is 48.7 Å². The second-order valence-electron chi connectivity index (χ2n) is 5.46. The summed E-state index contributed by atoms with van der Waals surface area (Å²) >= 11 is 0. The molecule has 6 heteroatoms. The number of hydrogen-bond acceptors (Lipinski definition) is 4. The molecule has 3 aromatic rings. The number of rotatable bonds is 6. The Kier molecular flexibility index (Phi) is 4.70. The van der Waals surface area contributed by atoms with Crippen molar-refractivity contribution in [1.29, 1.82) is 0 Å². The zero-order valence-corrected chi connectivity index (χ0v) is 14.0. The van der Waals surface area contributed by atoms with E-state index >= 15 is 0 Å². The smallest absolute Gasteiger partial charge is 0.244 e. The molecule has 0 unspecified atom stereocenters. The van der Waals surface area contributed by atoms with Crippen LogP contribution < -0.4 is 14.8 Å². The molecule has 1 aromatic heterocycles. The highest BCUT2D eigenvalue weighted by molar-refractivity contribution is 5.99. The molecule has 2 aromatic carbocycles. The SMILES string of the molecule is COc1ccc(NC(=O)Cn2cc(C=O)c3ccccc32)c(OC)c1. The van der Waals surface area contributed by atoms with Crippen molar-refractivity contribution >= 4 is 28.8 Å². The Morgan fingerprint density at radius 2 is 1.96 bits per heavy atom. The van der Waals surface area contributed by atoms with Crippen molar-refractivity contribution in [2.75, 3.05) is 19.5 Å². The van der Waals surface area contributed by atoms with Crippen molar-refractivity contribution in [2.24, 2.45) is 0 Å². The molecule has 6 nitrogen and oxygen atoms in total. The highest BCUT2D eigenvalue weighted by Crippen LogP contribution is 2.29. The standard InChI is InChI=1S/C19H18N2O4/c1-24-14-7-8-16(18(9-14)25-2)20-19(23)11-21-10-13(12-22)15-5-3-4-6-17(15)21/h3-10,12H,11H2,1-2H3,(H,20,23). The number of amides is 1. The van der Waals surface area contributed by atoms with Gasteiger partial charge in [0.2, 0.25) is 5.91 Å². The average molecular weight is 338 g/mol. The van der Waals surface area contributed by atoms with Gasteiger partial charge in [0.1, 0.15) is 18.0 Å². The van der Waals surface area contributed by atoms with Crippen molar-refractivity contribution in [3.8, 4) is 11.5 Å². The third kappa shape index (κ3) is 3.33. The number of aromatic nitrogens is 1. The Bertz CT molecular complexity index is 930. The Labute approximate surface area is 145 Å². The van der Waals surface area contributed by atoms with Gasteiger partial charge in [-0.2, -0.15) is 0 Å². The first-order valence-electron chi connectivity index (χ1n) is 7.71. The van der Waals surface area contributed by atoms with E-state index in [2.05, 4.69) is 5.32 Å². The normalized spacial score (nSPS) is 10.5. The summed E-state index contributed by atoms with van der Waals surface area (Å²) in [6.45, 7) is 0.0868. The van der Waals surface area contributed by atoms with Crippen LogP contribution in [0.4, 0.5) is 5.69 Å². The van der Waals surface area contributed by atoms with E-state index in [0.717, 1.165) is 17.2 Å². The minimum Gasteiger partial charge on any atom is -0.497 e. The molecule has 1 N–H and O–H groups in total. The molecule has 0 saturated heterocycles. The molecule has 0 bridgehead atoms. The summed E-state index contributed by atoms with van der Waals surface area (Å²) in [5.74, 6) is 0.933. The maximum atomic E-state index is 12.4. The number of nitrogens with one attached hydrogen (secondary N) is 1. The molecule has 1 amide bonds. The van der Waals surface area contributed by atoms with Crippen LogP contribution in [0.25, 0.3) is 10.9 Å². The van der Waals surface area contributed by atoms with Gasteiger partial charge < -0.3 is 19.4 Å². The second kappa shape index (κ2) is 7.09. The van der Waals surface area contributed by atoms with Gasteiger partial charge in [-0.25, -0.2) is 0 Å². The van der Waals surface area contributed by atoms with E-state index in [1.807, 2.05) is 24.3 Å². The second-order valence-corrected chi connectivity index (χ2v) is 5.46. The lowest BCUT2D eigenvalue weighted by Gasteiger charge is -2.12. The van der Waals surface area contributed by atoms with Crippen LogP contribution in [0, 0.1) is 0 Å². The summed E-state index contributed by atoms with van der Waals surface area (Å²) in [5, 5.41) is 3.65. The molecule has 0 aliphatic heterocycles. The number of para-hydroxylation sites is 1. The van der Waals surface area contributed by atoms with Gasteiger partial charge in [0.05, 0.1) is 19.9 Å². The number of benzene rings is 2. The summed E-state index contributed by atoms with van der Waals surface area (Å²) in [6, 6.07) is 12.6. The number of ether oxygens (including phenoxy) is 2. The molecular weight excluding hydrogens is 320 g/mol. The van der Waals surface area contributed by atoms with Crippen LogP contribution in [-0.4, -0.2) is 31.0 Å². The lowest BCUT2D eigenvalue weighted by Crippen LogP contribution is -2.18. The first-order valence-corrected chi connectivity index (χ1v) is 7.71. The van der Waals surface area contributed by atoms with Gasteiger partial charge in [0.25, 0.3) is 0 Å². The molecule has 0 saturated carbocycles. The fourth-order valence-corrected chi connectivity index (χ4v) is 2.75. The van der Waals surface area contributed by atoms with Crippen molar-refractivity contribution in [2.45, 2.75) is 6.54 Å². The van der Waals surface area contributed by atoms with E-state index < -0.39 is 0 Å². The van der Waals surface area contributed by atoms with Gasteiger partial charge in [-0.3, -0.25) is 9.59 Å². The molecule has 25 heavy (non-hydrogen) atoms. The van der Waals surface area contributed by atoms with E-state index in [1.165, 1.54) is 7.11 Å². The van der Waals surface area contributed by atoms with Gasteiger partial charge in [-0.05, 0) is 18.2 Å². The highest BCUT2D eigenvalue weighted by atomic mass is 16.5. The van der Waals surface area contributed by atoms with E-state index in [0.29, 0.717) is 22.7 Å². The average Bonchev–Trinajstić information content (AvgIpc) is 2.99. The molecule has 3 rings (SSSR count). The van der Waals surface area contributed by atoms with E-state index in [4.69, 9.17) is 9.47 Å². The Hall–Kier alpha value is -3.28. The number of carbonyl (C=O) groups is 2. The predicted molar refractivity (Wildman–Crippen MR) is 95.5 cm³/mol. The van der Waals surface area contributed by atoms with Crippen molar-refractivity contribution in [3.63, 3.8) is 0 Å². The lowest BCUT2D eigenvalue weighted by molar-refractivity contribution is -0.116. The van der Waals surface area contributed by atoms with E-state index in [1.54, 1.807) is 36.1 Å². The Balaban J connectivity index is 1.83. The number of hydrogen-bond donors (Lipinski definition) is 1. The van der Waals surface area contributed by atoms with Gasteiger partial charge in [0, 0.05) is 28.7 Å². The largest absolute Gasteiger partial charge is 0.497 e. The van der Waals surface area contributed by atoms with Crippen LogP contribution in [0.1, 0.15) is 10.4 Å². The van der Waals surface area contributed by atoms with Crippen molar-refractivity contribution in [1.82, 2.24) is 4.57 Å². The fraction of sp³-hybridized carbons (Fsp3) is 0.158. The van der Waals surface area contributed by atoms with E-state index in [9.17, 15) is 9.59 Å². The maximum absolute atomic E-state index is 12.4. The fourth-order valence-electron chi connectivity index (χ4n) is 2.75. The molecule has 0 aliphatic carbocycles. The Morgan fingerprint density at radius 3 is 2.68 bits per heavy atom. The Morgan fingerprint density at radius 1 is 1.16 bits per heavy atom. The van der Waals surface area contributed by atoms with Gasteiger partial charge in [-0.1, -0.05) is 18.2 Å². The van der Waals surface area contributed by atoms with Crippen LogP contribution in [0.5, 0.6) is 11.5 Å². The molecule has 0 fully saturated rings. The zero-order chi connectivity index (χ0) is 17.8. The molecule has 128 valence electrons. The molecule has 1 heterocycles. The van der Waals surface area contributed by atoms with Crippen molar-refractivity contribution < 1.29 is 19.1 Å². The minimum atomic E-state index is -0.221. The van der Waals surface area contributed by atoms with Gasteiger partial charge >= 0.3 is 0 Å². The summed E-state index contributed by atoms with van der Waals surface area (Å²) < 4.78 is 12.2. The molecule has 0 aliphatic rings. The van der Waals surface area contributed by atoms with Crippen LogP contribution in [-0.2, 0) is 11.3 Å². The summed E-state index contributed by atoms with van der Waals surface area (Å²) in [5.41, 5.74) is 1.95. The first kappa shape index (κ1) is 16.6. The first-order chi connectivity index (χ1) is 12.2. The number of carbonyl (C=O) groups excluding carboxylic acids is 2. The number of anilines is 1. The number of aldehydes is 1. The van der Waals surface area contributed by atoms with Crippen LogP contribution >= 0.6 is 0 Å². The summed E-state index contributed by atoms with van der Waals surface area (Å²) in [4.78, 5) is 23.7. The number of fused-ring (bicyclic) bond motifs is 1. The molecule has 0 atom stereocenters. The highest BCUT2D eigenvalue weighted by Gasteiger charge is 2.12. The summed E-state index contributed by atoms with van der Waals surface area (Å²) in [6.07, 6.45) is 2.48. The topological polar surface area (TPSA) is 69.6 Å². The van der Waals surface area contributed by atoms with Crippen LogP contribution in [0.2, 0.25) is 0 Å². The summed E-state index contributed by atoms with van der Waals surface area (Å²) in [7, 11) is 3.09. The molecule has 0 spiro atoms. The van der Waals surface area contributed by atoms with Crippen molar-refractivity contribution in [3.05, 3.63) is 54.2 Å². The third-order valence-electron chi connectivity index (χ3n) is 3.94. The predicted octanol–water partition coefficient (Wildman–Crippen LogP) is 3.11. The number of nitrogens with zero attached hydrogens (tertiary/aromatic N) is 1. The van der Waals surface area contributed by atoms with Gasteiger partial charge in [-0.15, -0.1) is 0 Å². The van der Waals surface area contributed by atoms with Crippen LogP contribution in [0.3, 0.4) is 0 Å². The monoisotopic (exact) mass is 338 g/mol.